The van der Waals surface area contributed by atoms with E-state index in [1.54, 1.807) is 0 Å². The van der Waals surface area contributed by atoms with E-state index in [-0.39, 0.29) is 6.29 Å². The molecule has 0 aliphatic rings. The number of esters is 1. The maximum atomic E-state index is 11.0. The summed E-state index contributed by atoms with van der Waals surface area (Å²) in [6, 6.07) is 0. The first-order chi connectivity index (χ1) is 7.15. The third-order valence-corrected chi connectivity index (χ3v) is 2.37. The number of ether oxygens (including phenoxy) is 1. The molecule has 15 heavy (non-hydrogen) atoms. The highest BCUT2D eigenvalue weighted by molar-refractivity contribution is 5.90. The molecule has 0 amide bonds. The molecule has 0 rings (SSSR count). The Kier molecular flexibility index (Phi) is 7.91. The summed E-state index contributed by atoms with van der Waals surface area (Å²) in [5, 5.41) is 8.85. The third-order valence-electron chi connectivity index (χ3n) is 2.37. The lowest BCUT2D eigenvalue weighted by molar-refractivity contribution is -0.156. The smallest absolute Gasteiger partial charge is 0.342 e. The largest absolute Gasteiger partial charge is 0.463 e. The van der Waals surface area contributed by atoms with Gasteiger partial charge in [-0.25, -0.2) is 4.79 Å². The summed E-state index contributed by atoms with van der Waals surface area (Å²) in [4.78, 5) is 21.0. The Morgan fingerprint density at radius 2 is 2.13 bits per heavy atom. The van der Waals surface area contributed by atoms with E-state index in [1.807, 2.05) is 6.92 Å². The Balaban J connectivity index is 3.79. The van der Waals surface area contributed by atoms with Crippen molar-refractivity contribution in [2.45, 2.75) is 45.6 Å². The van der Waals surface area contributed by atoms with Crippen molar-refractivity contribution >= 4 is 12.3 Å². The van der Waals surface area contributed by atoms with Gasteiger partial charge >= 0.3 is 5.97 Å². The molecule has 2 atom stereocenters. The average molecular weight is 216 g/mol. The van der Waals surface area contributed by atoms with Crippen LogP contribution in [0.5, 0.6) is 0 Å². The molecule has 0 heterocycles. The molecule has 88 valence electrons. The number of rotatable bonds is 8. The molecule has 0 bridgehead atoms. The van der Waals surface area contributed by atoms with Crippen LogP contribution in [0.3, 0.4) is 0 Å². The van der Waals surface area contributed by atoms with E-state index < -0.39 is 12.1 Å². The number of carbonyl (C=O) groups is 2. The van der Waals surface area contributed by atoms with Gasteiger partial charge in [0.2, 0.25) is 6.10 Å². The normalized spacial score (nSPS) is 14.3. The first-order valence-corrected chi connectivity index (χ1v) is 5.45. The Labute approximate surface area is 90.6 Å². The number of aldehydes is 1. The summed E-state index contributed by atoms with van der Waals surface area (Å²) in [7, 11) is 0. The molecule has 0 aromatic carbocycles. The van der Waals surface area contributed by atoms with Crippen molar-refractivity contribution in [3.63, 3.8) is 0 Å². The van der Waals surface area contributed by atoms with Gasteiger partial charge in [-0.15, -0.1) is 0 Å². The first-order valence-electron chi connectivity index (χ1n) is 5.45. The predicted octanol–water partition coefficient (Wildman–Crippen LogP) is 1.31. The molecule has 4 nitrogen and oxygen atoms in total. The second kappa shape index (κ2) is 8.41. The zero-order valence-electron chi connectivity index (χ0n) is 9.44. The molecule has 0 saturated heterocycles. The van der Waals surface area contributed by atoms with Gasteiger partial charge in [0, 0.05) is 0 Å². The zero-order chi connectivity index (χ0) is 11.7. The minimum Gasteiger partial charge on any atom is -0.463 e. The molecule has 2 unspecified atom stereocenters. The number of hydrogen-bond donors (Lipinski definition) is 1. The van der Waals surface area contributed by atoms with Gasteiger partial charge in [0.25, 0.3) is 0 Å². The number of hydrogen-bond acceptors (Lipinski definition) is 4. The molecular weight excluding hydrogens is 196 g/mol. The van der Waals surface area contributed by atoms with E-state index in [2.05, 4.69) is 6.92 Å². The predicted molar refractivity (Wildman–Crippen MR) is 56.3 cm³/mol. The van der Waals surface area contributed by atoms with Crippen LogP contribution >= 0.6 is 0 Å². The van der Waals surface area contributed by atoms with Crippen molar-refractivity contribution in [2.24, 2.45) is 5.92 Å². The Morgan fingerprint density at radius 3 is 2.60 bits per heavy atom. The minimum absolute atomic E-state index is 0.176. The summed E-state index contributed by atoms with van der Waals surface area (Å²) in [6.45, 7) is 4.43. The van der Waals surface area contributed by atoms with Crippen LogP contribution in [0.4, 0.5) is 0 Å². The summed E-state index contributed by atoms with van der Waals surface area (Å²) >= 11 is 0. The number of aliphatic hydroxyl groups is 1. The molecular formula is C11H20O4. The fraction of sp³-hybridized carbons (Fsp3) is 0.818. The highest BCUT2D eigenvalue weighted by atomic mass is 16.5. The third kappa shape index (κ3) is 6.23. The summed E-state index contributed by atoms with van der Waals surface area (Å²) in [5.41, 5.74) is 0. The van der Waals surface area contributed by atoms with E-state index >= 15 is 0 Å². The molecule has 0 radical (unpaired) electrons. The van der Waals surface area contributed by atoms with Crippen molar-refractivity contribution in [1.29, 1.82) is 0 Å². The van der Waals surface area contributed by atoms with Crippen molar-refractivity contribution < 1.29 is 19.4 Å². The van der Waals surface area contributed by atoms with Gasteiger partial charge in [0.15, 0.2) is 6.29 Å². The molecule has 4 heteroatoms. The van der Waals surface area contributed by atoms with Gasteiger partial charge in [0.05, 0.1) is 6.61 Å². The van der Waals surface area contributed by atoms with Gasteiger partial charge in [0.1, 0.15) is 0 Å². The van der Waals surface area contributed by atoms with Crippen LogP contribution in [0.25, 0.3) is 0 Å². The number of aliphatic hydroxyl groups excluding tert-OH is 1. The minimum atomic E-state index is -1.63. The highest BCUT2D eigenvalue weighted by Crippen LogP contribution is 2.12. The first kappa shape index (κ1) is 14.1. The standard InChI is InChI=1S/C11H20O4/c1-3-5-6-9(4-2)8-15-11(14)10(13)7-12/h7,9-10,13H,3-6,8H2,1-2H3. The van der Waals surface area contributed by atoms with E-state index in [0.29, 0.717) is 12.5 Å². The van der Waals surface area contributed by atoms with Crippen molar-refractivity contribution in [3.8, 4) is 0 Å². The quantitative estimate of drug-likeness (QED) is 0.377. The van der Waals surface area contributed by atoms with Crippen LogP contribution in [0.2, 0.25) is 0 Å². The highest BCUT2D eigenvalue weighted by Gasteiger charge is 2.16. The van der Waals surface area contributed by atoms with Gasteiger partial charge in [-0.2, -0.15) is 0 Å². The van der Waals surface area contributed by atoms with E-state index in [9.17, 15) is 9.59 Å². The molecule has 0 aromatic rings. The van der Waals surface area contributed by atoms with Gasteiger partial charge < -0.3 is 9.84 Å². The van der Waals surface area contributed by atoms with Gasteiger partial charge in [-0.1, -0.05) is 33.1 Å². The molecule has 0 fully saturated rings. The number of unbranched alkanes of at least 4 members (excludes halogenated alkanes) is 1. The monoisotopic (exact) mass is 216 g/mol. The maximum absolute atomic E-state index is 11.0. The van der Waals surface area contributed by atoms with Crippen LogP contribution in [0.1, 0.15) is 39.5 Å². The molecule has 0 saturated carbocycles. The summed E-state index contributed by atoms with van der Waals surface area (Å²) in [6.07, 6.45) is 2.71. The zero-order valence-corrected chi connectivity index (χ0v) is 9.44. The Hall–Kier alpha value is -0.900. The second-order valence-electron chi connectivity index (χ2n) is 3.63. The Bertz CT molecular complexity index is 191. The van der Waals surface area contributed by atoms with E-state index in [0.717, 1.165) is 25.7 Å². The van der Waals surface area contributed by atoms with Crippen molar-refractivity contribution in [1.82, 2.24) is 0 Å². The van der Waals surface area contributed by atoms with E-state index in [1.165, 1.54) is 0 Å². The van der Waals surface area contributed by atoms with Gasteiger partial charge in [-0.05, 0) is 12.3 Å². The summed E-state index contributed by atoms with van der Waals surface area (Å²) in [5.74, 6) is -0.521. The SMILES string of the molecule is CCCCC(CC)COC(=O)C(O)C=O. The lowest BCUT2D eigenvalue weighted by atomic mass is 10.0. The lowest BCUT2D eigenvalue weighted by Crippen LogP contribution is -2.26. The van der Waals surface area contributed by atoms with Crippen molar-refractivity contribution in [2.75, 3.05) is 6.61 Å². The van der Waals surface area contributed by atoms with Crippen LogP contribution in [0, 0.1) is 5.92 Å². The fourth-order valence-electron chi connectivity index (χ4n) is 1.24. The summed E-state index contributed by atoms with van der Waals surface area (Å²) < 4.78 is 4.82. The van der Waals surface area contributed by atoms with Gasteiger partial charge in [-0.3, -0.25) is 4.79 Å². The van der Waals surface area contributed by atoms with Crippen LogP contribution in [-0.2, 0) is 14.3 Å². The number of carbonyl (C=O) groups excluding carboxylic acids is 2. The topological polar surface area (TPSA) is 63.6 Å². The van der Waals surface area contributed by atoms with Crippen molar-refractivity contribution in [3.05, 3.63) is 0 Å². The maximum Gasteiger partial charge on any atom is 0.342 e. The molecule has 1 N–H and O–H groups in total. The van der Waals surface area contributed by atoms with E-state index in [4.69, 9.17) is 9.84 Å². The molecule has 0 aliphatic heterocycles. The molecule has 0 spiro atoms. The van der Waals surface area contributed by atoms with Crippen LogP contribution < -0.4 is 0 Å². The molecule has 0 aromatic heterocycles. The molecule has 0 aliphatic carbocycles. The second-order valence-corrected chi connectivity index (χ2v) is 3.63. The average Bonchev–Trinajstić information content (AvgIpc) is 2.27. The Morgan fingerprint density at radius 1 is 1.47 bits per heavy atom. The lowest BCUT2D eigenvalue weighted by Gasteiger charge is -2.14. The van der Waals surface area contributed by atoms with Crippen LogP contribution in [0.15, 0.2) is 0 Å². The fourth-order valence-corrected chi connectivity index (χ4v) is 1.24. The van der Waals surface area contributed by atoms with Crippen LogP contribution in [-0.4, -0.2) is 30.1 Å².